The van der Waals surface area contributed by atoms with E-state index in [-0.39, 0.29) is 0 Å². The Morgan fingerprint density at radius 1 is 1.38 bits per heavy atom. The summed E-state index contributed by atoms with van der Waals surface area (Å²) in [6, 6.07) is 6.28. The van der Waals surface area contributed by atoms with E-state index in [1.807, 2.05) is 6.07 Å². The van der Waals surface area contributed by atoms with Gasteiger partial charge < -0.3 is 4.74 Å². The van der Waals surface area contributed by atoms with Gasteiger partial charge in [0.05, 0.1) is 10.2 Å². The van der Waals surface area contributed by atoms with Crippen LogP contribution in [0, 0.1) is 10.5 Å². The van der Waals surface area contributed by atoms with Gasteiger partial charge in [0, 0.05) is 0 Å². The summed E-state index contributed by atoms with van der Waals surface area (Å²) < 4.78 is 6.83. The van der Waals surface area contributed by atoms with E-state index in [4.69, 9.17) is 4.74 Å². The summed E-state index contributed by atoms with van der Waals surface area (Å²) >= 11 is 2.31. The fraction of sp³-hybridized carbons (Fsp3) is 0.455. The molecular weight excluding hydrogens is 275 g/mol. The smallest absolute Gasteiger partial charge is 0.132 e. The first-order valence-corrected chi connectivity index (χ1v) is 5.71. The molecule has 0 aliphatic rings. The first kappa shape index (κ1) is 10.8. The molecule has 1 nitrogen and oxygen atoms in total. The van der Waals surface area contributed by atoms with Gasteiger partial charge in [-0.15, -0.1) is 0 Å². The summed E-state index contributed by atoms with van der Waals surface area (Å²) in [5.74, 6) is 1.01. The van der Waals surface area contributed by atoms with Crippen LogP contribution in [0.15, 0.2) is 18.2 Å². The topological polar surface area (TPSA) is 9.23 Å². The highest BCUT2D eigenvalue weighted by Crippen LogP contribution is 2.21. The molecule has 0 atom stereocenters. The molecule has 0 radical (unpaired) electrons. The number of rotatable bonds is 4. The fourth-order valence-corrected chi connectivity index (χ4v) is 1.88. The maximum atomic E-state index is 5.62. The minimum absolute atomic E-state index is 0.829. The van der Waals surface area contributed by atoms with Crippen LogP contribution in [0.1, 0.15) is 25.3 Å². The normalized spacial score (nSPS) is 10.1. The van der Waals surface area contributed by atoms with Crippen molar-refractivity contribution in [2.24, 2.45) is 0 Å². The van der Waals surface area contributed by atoms with Gasteiger partial charge in [-0.25, -0.2) is 0 Å². The van der Waals surface area contributed by atoms with Crippen molar-refractivity contribution in [2.45, 2.75) is 26.7 Å². The Bertz CT molecular complexity index is 271. The summed E-state index contributed by atoms with van der Waals surface area (Å²) in [4.78, 5) is 0. The molecule has 0 aliphatic carbocycles. The molecule has 0 amide bonds. The first-order chi connectivity index (χ1) is 6.24. The average Bonchev–Trinajstić information content (AvgIpc) is 2.09. The molecule has 0 saturated heterocycles. The van der Waals surface area contributed by atoms with Crippen LogP contribution in [0.4, 0.5) is 0 Å². The standard InChI is InChI=1S/C11H15IO/c1-3-4-7-13-11-6-5-9(2)8-10(11)12/h5-6,8H,3-4,7H2,1-2H3. The van der Waals surface area contributed by atoms with Crippen molar-refractivity contribution in [2.75, 3.05) is 6.61 Å². The SMILES string of the molecule is CCCCOc1ccc(C)cc1I. The van der Waals surface area contributed by atoms with Crippen LogP contribution in [0.3, 0.4) is 0 Å². The molecule has 13 heavy (non-hydrogen) atoms. The molecule has 1 aromatic carbocycles. The monoisotopic (exact) mass is 290 g/mol. The van der Waals surface area contributed by atoms with E-state index in [2.05, 4.69) is 48.6 Å². The van der Waals surface area contributed by atoms with E-state index in [0.717, 1.165) is 18.8 Å². The number of halogens is 1. The van der Waals surface area contributed by atoms with E-state index < -0.39 is 0 Å². The third kappa shape index (κ3) is 3.55. The van der Waals surface area contributed by atoms with Crippen molar-refractivity contribution < 1.29 is 4.74 Å². The molecule has 0 aromatic heterocycles. The lowest BCUT2D eigenvalue weighted by Gasteiger charge is -2.07. The molecular formula is C11H15IO. The number of aryl methyl sites for hydroxylation is 1. The Labute approximate surface area is 93.6 Å². The van der Waals surface area contributed by atoms with Gasteiger partial charge in [0.2, 0.25) is 0 Å². The van der Waals surface area contributed by atoms with Gasteiger partial charge in [0.1, 0.15) is 5.75 Å². The second-order valence-electron chi connectivity index (χ2n) is 3.14. The number of benzene rings is 1. The Morgan fingerprint density at radius 2 is 2.15 bits per heavy atom. The maximum Gasteiger partial charge on any atom is 0.132 e. The third-order valence-electron chi connectivity index (χ3n) is 1.84. The van der Waals surface area contributed by atoms with E-state index in [0.29, 0.717) is 0 Å². The number of ether oxygens (including phenoxy) is 1. The molecule has 0 saturated carbocycles. The predicted molar refractivity (Wildman–Crippen MR) is 64.3 cm³/mol. The van der Waals surface area contributed by atoms with Gasteiger partial charge in [0.15, 0.2) is 0 Å². The van der Waals surface area contributed by atoms with E-state index >= 15 is 0 Å². The van der Waals surface area contributed by atoms with Crippen molar-refractivity contribution >= 4 is 22.6 Å². The third-order valence-corrected chi connectivity index (χ3v) is 2.69. The van der Waals surface area contributed by atoms with E-state index in [1.165, 1.54) is 15.6 Å². The molecule has 1 aromatic rings. The number of unbranched alkanes of at least 4 members (excludes halogenated alkanes) is 1. The van der Waals surface area contributed by atoms with Gasteiger partial charge in [-0.05, 0) is 53.6 Å². The molecule has 0 fully saturated rings. The van der Waals surface area contributed by atoms with Gasteiger partial charge in [-0.1, -0.05) is 19.4 Å². The van der Waals surface area contributed by atoms with Gasteiger partial charge >= 0.3 is 0 Å². The van der Waals surface area contributed by atoms with E-state index in [9.17, 15) is 0 Å². The highest BCUT2D eigenvalue weighted by Gasteiger charge is 1.99. The summed E-state index contributed by atoms with van der Waals surface area (Å²) in [6.07, 6.45) is 2.31. The minimum atomic E-state index is 0.829. The molecule has 2 heteroatoms. The quantitative estimate of drug-likeness (QED) is 0.605. The Morgan fingerprint density at radius 3 is 2.77 bits per heavy atom. The summed E-state index contributed by atoms with van der Waals surface area (Å²) in [5, 5.41) is 0. The summed E-state index contributed by atoms with van der Waals surface area (Å²) in [6.45, 7) is 5.09. The summed E-state index contributed by atoms with van der Waals surface area (Å²) in [5.41, 5.74) is 1.28. The highest BCUT2D eigenvalue weighted by molar-refractivity contribution is 14.1. The summed E-state index contributed by atoms with van der Waals surface area (Å²) in [7, 11) is 0. The molecule has 0 bridgehead atoms. The van der Waals surface area contributed by atoms with Crippen molar-refractivity contribution in [1.82, 2.24) is 0 Å². The largest absolute Gasteiger partial charge is 0.492 e. The molecule has 0 heterocycles. The highest BCUT2D eigenvalue weighted by atomic mass is 127. The van der Waals surface area contributed by atoms with Crippen molar-refractivity contribution in [3.8, 4) is 5.75 Å². The Balaban J connectivity index is 2.56. The molecule has 0 aliphatic heterocycles. The molecule has 0 unspecified atom stereocenters. The van der Waals surface area contributed by atoms with Crippen molar-refractivity contribution in [3.63, 3.8) is 0 Å². The predicted octanol–water partition coefficient (Wildman–Crippen LogP) is 3.78. The second kappa shape index (κ2) is 5.47. The van der Waals surface area contributed by atoms with Crippen molar-refractivity contribution in [1.29, 1.82) is 0 Å². The zero-order valence-electron chi connectivity index (χ0n) is 8.14. The lowest BCUT2D eigenvalue weighted by Crippen LogP contribution is -1.98. The Kier molecular flexibility index (Phi) is 4.56. The van der Waals surface area contributed by atoms with Crippen LogP contribution in [0.2, 0.25) is 0 Å². The van der Waals surface area contributed by atoms with Crippen LogP contribution in [0.5, 0.6) is 5.75 Å². The lowest BCUT2D eigenvalue weighted by atomic mass is 10.2. The Hall–Kier alpha value is -0.250. The molecule has 1 rings (SSSR count). The van der Waals surface area contributed by atoms with Gasteiger partial charge in [0.25, 0.3) is 0 Å². The van der Waals surface area contributed by atoms with Crippen LogP contribution < -0.4 is 4.74 Å². The van der Waals surface area contributed by atoms with Crippen LogP contribution in [0.25, 0.3) is 0 Å². The number of hydrogen-bond acceptors (Lipinski definition) is 1. The second-order valence-corrected chi connectivity index (χ2v) is 4.30. The van der Waals surface area contributed by atoms with Crippen LogP contribution in [-0.2, 0) is 0 Å². The van der Waals surface area contributed by atoms with Crippen molar-refractivity contribution in [3.05, 3.63) is 27.3 Å². The zero-order valence-corrected chi connectivity index (χ0v) is 10.3. The maximum absolute atomic E-state index is 5.62. The molecule has 0 N–H and O–H groups in total. The van der Waals surface area contributed by atoms with Crippen LogP contribution in [-0.4, -0.2) is 6.61 Å². The lowest BCUT2D eigenvalue weighted by molar-refractivity contribution is 0.307. The van der Waals surface area contributed by atoms with Gasteiger partial charge in [-0.3, -0.25) is 0 Å². The van der Waals surface area contributed by atoms with E-state index in [1.54, 1.807) is 0 Å². The minimum Gasteiger partial charge on any atom is -0.492 e. The molecule has 72 valence electrons. The fourth-order valence-electron chi connectivity index (χ4n) is 1.05. The first-order valence-electron chi connectivity index (χ1n) is 4.63. The number of hydrogen-bond donors (Lipinski definition) is 0. The average molecular weight is 290 g/mol. The van der Waals surface area contributed by atoms with Crippen LogP contribution >= 0.6 is 22.6 Å². The molecule has 0 spiro atoms. The van der Waals surface area contributed by atoms with Gasteiger partial charge in [-0.2, -0.15) is 0 Å². The zero-order chi connectivity index (χ0) is 9.68.